The molecule has 3 aliphatic rings. The van der Waals surface area contributed by atoms with Crippen molar-refractivity contribution < 1.29 is 9.59 Å². The smallest absolute Gasteiger partial charge is 0.228 e. The molecule has 19 heavy (non-hydrogen) atoms. The van der Waals surface area contributed by atoms with E-state index in [1.54, 1.807) is 0 Å². The molecule has 5 heteroatoms. The van der Waals surface area contributed by atoms with Crippen molar-refractivity contribution in [2.75, 3.05) is 39.3 Å². The van der Waals surface area contributed by atoms with Crippen molar-refractivity contribution in [2.45, 2.75) is 32.2 Å². The third-order valence-corrected chi connectivity index (χ3v) is 4.63. The van der Waals surface area contributed by atoms with Gasteiger partial charge in [-0.1, -0.05) is 6.92 Å². The zero-order valence-electron chi connectivity index (χ0n) is 11.7. The summed E-state index contributed by atoms with van der Waals surface area (Å²) in [6.07, 6.45) is 2.69. The summed E-state index contributed by atoms with van der Waals surface area (Å²) in [5.41, 5.74) is 0. The van der Waals surface area contributed by atoms with Crippen molar-refractivity contribution in [3.8, 4) is 0 Å². The standard InChI is InChI=1S/C14H23N3O2/c1-2-15-5-7-16(8-6-15)14(19)11-9-13(18)17(10-11)12-3-4-12/h11-12H,2-10H2,1H3. The van der Waals surface area contributed by atoms with Crippen LogP contribution in [-0.2, 0) is 9.59 Å². The van der Waals surface area contributed by atoms with E-state index in [1.807, 2.05) is 9.80 Å². The molecule has 2 heterocycles. The second kappa shape index (κ2) is 5.12. The second-order valence-corrected chi connectivity index (χ2v) is 5.94. The highest BCUT2D eigenvalue weighted by Gasteiger charge is 2.42. The molecule has 0 spiro atoms. The third-order valence-electron chi connectivity index (χ3n) is 4.63. The predicted molar refractivity (Wildman–Crippen MR) is 71.5 cm³/mol. The van der Waals surface area contributed by atoms with Gasteiger partial charge in [0.2, 0.25) is 11.8 Å². The van der Waals surface area contributed by atoms with Crippen LogP contribution in [0.15, 0.2) is 0 Å². The van der Waals surface area contributed by atoms with Gasteiger partial charge in [-0.25, -0.2) is 0 Å². The lowest BCUT2D eigenvalue weighted by Crippen LogP contribution is -2.50. The summed E-state index contributed by atoms with van der Waals surface area (Å²) in [7, 11) is 0. The van der Waals surface area contributed by atoms with E-state index < -0.39 is 0 Å². The number of hydrogen-bond acceptors (Lipinski definition) is 3. The fraction of sp³-hybridized carbons (Fsp3) is 0.857. The van der Waals surface area contributed by atoms with Crippen molar-refractivity contribution in [1.29, 1.82) is 0 Å². The molecule has 3 rings (SSSR count). The molecule has 0 N–H and O–H groups in total. The summed E-state index contributed by atoms with van der Waals surface area (Å²) in [4.78, 5) is 30.6. The molecule has 2 amide bonds. The van der Waals surface area contributed by atoms with Crippen LogP contribution in [0.4, 0.5) is 0 Å². The Morgan fingerprint density at radius 1 is 1.21 bits per heavy atom. The van der Waals surface area contributed by atoms with E-state index in [-0.39, 0.29) is 17.7 Å². The molecule has 106 valence electrons. The SMILES string of the molecule is CCN1CCN(C(=O)C2CC(=O)N(C3CC3)C2)CC1. The number of likely N-dealkylation sites (N-methyl/N-ethyl adjacent to an activating group) is 1. The predicted octanol–water partition coefficient (Wildman–Crippen LogP) is 0.161. The van der Waals surface area contributed by atoms with E-state index >= 15 is 0 Å². The van der Waals surface area contributed by atoms with Crippen molar-refractivity contribution in [1.82, 2.24) is 14.7 Å². The Morgan fingerprint density at radius 2 is 1.89 bits per heavy atom. The zero-order valence-corrected chi connectivity index (χ0v) is 11.7. The quantitative estimate of drug-likeness (QED) is 0.730. The average Bonchev–Trinajstić information content (AvgIpc) is 3.21. The minimum atomic E-state index is -0.0822. The van der Waals surface area contributed by atoms with E-state index in [1.165, 1.54) is 0 Å². The molecule has 3 fully saturated rings. The lowest BCUT2D eigenvalue weighted by molar-refractivity contribution is -0.137. The van der Waals surface area contributed by atoms with Gasteiger partial charge in [0.25, 0.3) is 0 Å². The Bertz CT molecular complexity index is 373. The summed E-state index contributed by atoms with van der Waals surface area (Å²) in [5, 5.41) is 0. The number of amides is 2. The van der Waals surface area contributed by atoms with E-state index in [4.69, 9.17) is 0 Å². The molecule has 1 aliphatic carbocycles. The van der Waals surface area contributed by atoms with Gasteiger partial charge in [0.1, 0.15) is 0 Å². The maximum Gasteiger partial charge on any atom is 0.228 e. The minimum absolute atomic E-state index is 0.0822. The molecule has 1 atom stereocenters. The third kappa shape index (κ3) is 2.61. The summed E-state index contributed by atoms with van der Waals surface area (Å²) in [6.45, 7) is 7.45. The molecule has 0 bridgehead atoms. The number of nitrogens with zero attached hydrogens (tertiary/aromatic N) is 3. The summed E-state index contributed by atoms with van der Waals surface area (Å²) >= 11 is 0. The number of hydrogen-bond donors (Lipinski definition) is 0. The van der Waals surface area contributed by atoms with Gasteiger partial charge >= 0.3 is 0 Å². The average molecular weight is 265 g/mol. The zero-order chi connectivity index (χ0) is 13.4. The molecule has 1 unspecified atom stereocenters. The van der Waals surface area contributed by atoms with E-state index in [0.717, 1.165) is 45.6 Å². The van der Waals surface area contributed by atoms with Crippen LogP contribution in [0.3, 0.4) is 0 Å². The van der Waals surface area contributed by atoms with E-state index in [9.17, 15) is 9.59 Å². The highest BCUT2D eigenvalue weighted by atomic mass is 16.2. The van der Waals surface area contributed by atoms with Gasteiger partial charge in [0, 0.05) is 45.2 Å². The number of likely N-dealkylation sites (tertiary alicyclic amines) is 1. The molecular weight excluding hydrogens is 242 g/mol. The maximum atomic E-state index is 12.5. The van der Waals surface area contributed by atoms with Gasteiger partial charge < -0.3 is 14.7 Å². The van der Waals surface area contributed by atoms with Crippen molar-refractivity contribution >= 4 is 11.8 Å². The fourth-order valence-corrected chi connectivity index (χ4v) is 3.18. The van der Waals surface area contributed by atoms with Crippen LogP contribution >= 0.6 is 0 Å². The largest absolute Gasteiger partial charge is 0.340 e. The van der Waals surface area contributed by atoms with Gasteiger partial charge in [-0.3, -0.25) is 9.59 Å². The van der Waals surface area contributed by atoms with Gasteiger partial charge in [-0.05, 0) is 19.4 Å². The van der Waals surface area contributed by atoms with Crippen LogP contribution in [0.5, 0.6) is 0 Å². The topological polar surface area (TPSA) is 43.9 Å². The van der Waals surface area contributed by atoms with Crippen LogP contribution < -0.4 is 0 Å². The molecule has 0 aromatic carbocycles. The van der Waals surface area contributed by atoms with Crippen molar-refractivity contribution in [3.05, 3.63) is 0 Å². The first-order chi connectivity index (χ1) is 9.19. The van der Waals surface area contributed by atoms with Crippen LogP contribution in [0.1, 0.15) is 26.2 Å². The highest BCUT2D eigenvalue weighted by Crippen LogP contribution is 2.33. The Labute approximate surface area is 114 Å². The number of piperazine rings is 1. The Kier molecular flexibility index (Phi) is 3.48. The molecule has 1 saturated carbocycles. The normalized spacial score (nSPS) is 29.1. The Morgan fingerprint density at radius 3 is 2.47 bits per heavy atom. The first-order valence-corrected chi connectivity index (χ1v) is 7.49. The van der Waals surface area contributed by atoms with E-state index in [2.05, 4.69) is 11.8 Å². The molecule has 0 aromatic rings. The second-order valence-electron chi connectivity index (χ2n) is 5.94. The number of rotatable bonds is 3. The van der Waals surface area contributed by atoms with Gasteiger partial charge in [-0.15, -0.1) is 0 Å². The molecule has 2 saturated heterocycles. The molecular formula is C14H23N3O2. The van der Waals surface area contributed by atoms with Gasteiger partial charge in [-0.2, -0.15) is 0 Å². The summed E-state index contributed by atoms with van der Waals surface area (Å²) in [6, 6.07) is 0.447. The molecule has 5 nitrogen and oxygen atoms in total. The fourth-order valence-electron chi connectivity index (χ4n) is 3.18. The monoisotopic (exact) mass is 265 g/mol. The van der Waals surface area contributed by atoms with Crippen LogP contribution in [0, 0.1) is 5.92 Å². The molecule has 0 radical (unpaired) electrons. The number of carbonyl (C=O) groups excluding carboxylic acids is 2. The van der Waals surface area contributed by atoms with Gasteiger partial charge in [0.15, 0.2) is 0 Å². The van der Waals surface area contributed by atoms with Crippen LogP contribution in [0.25, 0.3) is 0 Å². The Balaban J connectivity index is 1.55. The molecule has 2 aliphatic heterocycles. The maximum absolute atomic E-state index is 12.5. The lowest BCUT2D eigenvalue weighted by atomic mass is 10.1. The molecule has 0 aromatic heterocycles. The van der Waals surface area contributed by atoms with Gasteiger partial charge in [0.05, 0.1) is 5.92 Å². The number of carbonyl (C=O) groups is 2. The van der Waals surface area contributed by atoms with Crippen LogP contribution in [-0.4, -0.2) is 71.8 Å². The minimum Gasteiger partial charge on any atom is -0.340 e. The first kappa shape index (κ1) is 12.9. The summed E-state index contributed by atoms with van der Waals surface area (Å²) < 4.78 is 0. The summed E-state index contributed by atoms with van der Waals surface area (Å²) in [5.74, 6) is 0.307. The Hall–Kier alpha value is -1.10. The van der Waals surface area contributed by atoms with Crippen LogP contribution in [0.2, 0.25) is 0 Å². The highest BCUT2D eigenvalue weighted by molar-refractivity contribution is 5.89. The van der Waals surface area contributed by atoms with Crippen molar-refractivity contribution in [3.63, 3.8) is 0 Å². The van der Waals surface area contributed by atoms with Crippen molar-refractivity contribution in [2.24, 2.45) is 5.92 Å². The first-order valence-electron chi connectivity index (χ1n) is 7.49. The lowest BCUT2D eigenvalue weighted by Gasteiger charge is -2.35. The van der Waals surface area contributed by atoms with E-state index in [0.29, 0.717) is 19.0 Å².